The van der Waals surface area contributed by atoms with E-state index in [0.717, 1.165) is 4.90 Å². The number of aromatic hydroxyl groups is 1. The number of rotatable bonds is 5. The molecule has 0 bridgehead atoms. The Morgan fingerprint density at radius 1 is 1.50 bits per heavy atom. The van der Waals surface area contributed by atoms with E-state index in [1.807, 2.05) is 6.92 Å². The molecule has 2 amide bonds. The quantitative estimate of drug-likeness (QED) is 0.843. The highest BCUT2D eigenvalue weighted by Crippen LogP contribution is 2.24. The third kappa shape index (κ3) is 4.22. The fraction of sp³-hybridized carbons (Fsp3) is 0.438. The summed E-state index contributed by atoms with van der Waals surface area (Å²) in [6, 6.07) is 0. The molecule has 0 fully saturated rings. The van der Waals surface area contributed by atoms with Crippen LogP contribution in [0.1, 0.15) is 37.1 Å². The maximum absolute atomic E-state index is 11.9. The van der Waals surface area contributed by atoms with Crippen LogP contribution in [-0.2, 0) is 22.6 Å². The van der Waals surface area contributed by atoms with Gasteiger partial charge in [-0.05, 0) is 13.3 Å². The van der Waals surface area contributed by atoms with E-state index in [0.29, 0.717) is 23.2 Å². The van der Waals surface area contributed by atoms with Crippen molar-refractivity contribution < 1.29 is 19.4 Å². The van der Waals surface area contributed by atoms with Crippen LogP contribution < -0.4 is 0 Å². The predicted molar refractivity (Wildman–Crippen MR) is 81.0 cm³/mol. The summed E-state index contributed by atoms with van der Waals surface area (Å²) in [5.41, 5.74) is 1.81. The number of aromatic nitrogens is 1. The average molecular weight is 304 g/mol. The molecular weight excluding hydrogens is 284 g/mol. The molecule has 118 valence electrons. The summed E-state index contributed by atoms with van der Waals surface area (Å²) in [7, 11) is 0. The summed E-state index contributed by atoms with van der Waals surface area (Å²) >= 11 is 0. The van der Waals surface area contributed by atoms with Gasteiger partial charge in [0.1, 0.15) is 12.4 Å². The van der Waals surface area contributed by atoms with Crippen molar-refractivity contribution >= 4 is 12.0 Å². The fourth-order valence-electron chi connectivity index (χ4n) is 1.97. The molecule has 0 aliphatic rings. The van der Waals surface area contributed by atoms with Gasteiger partial charge in [0.2, 0.25) is 5.91 Å². The lowest BCUT2D eigenvalue weighted by molar-refractivity contribution is -0.127. The number of aryl methyl sites for hydroxylation is 1. The second-order valence-corrected chi connectivity index (χ2v) is 4.73. The van der Waals surface area contributed by atoms with Gasteiger partial charge in [0.05, 0.1) is 5.69 Å². The van der Waals surface area contributed by atoms with Crippen LogP contribution in [-0.4, -0.2) is 33.5 Å². The van der Waals surface area contributed by atoms with E-state index in [9.17, 15) is 14.7 Å². The van der Waals surface area contributed by atoms with Gasteiger partial charge in [0.15, 0.2) is 0 Å². The molecule has 1 rings (SSSR count). The molecule has 0 spiro atoms. The molecule has 1 aromatic heterocycles. The second kappa shape index (κ2) is 8.03. The Bertz CT molecular complexity index is 605. The minimum absolute atomic E-state index is 0.0668. The third-order valence-corrected chi connectivity index (χ3v) is 3.22. The molecule has 0 aliphatic carbocycles. The van der Waals surface area contributed by atoms with Crippen molar-refractivity contribution in [2.75, 3.05) is 6.54 Å². The van der Waals surface area contributed by atoms with Gasteiger partial charge in [0.25, 0.3) is 0 Å². The number of carbonyl (C=O) groups excluding carboxylic acids is 2. The number of terminal acetylenes is 1. The fourth-order valence-corrected chi connectivity index (χ4v) is 1.97. The standard InChI is InChI=1S/C16H20N2O4/c1-5-7-8-18(12(4)19)16(21)22-10-13-9-17-11(3)15(20)14(13)6-2/h1,9,20H,6-8,10H2,2-4H3. The van der Waals surface area contributed by atoms with Crippen molar-refractivity contribution in [1.29, 1.82) is 0 Å². The number of imide groups is 1. The van der Waals surface area contributed by atoms with Crippen LogP contribution in [0.15, 0.2) is 6.20 Å². The normalized spacial score (nSPS) is 9.91. The van der Waals surface area contributed by atoms with E-state index in [1.54, 1.807) is 13.1 Å². The van der Waals surface area contributed by atoms with Crippen LogP contribution >= 0.6 is 0 Å². The smallest absolute Gasteiger partial charge is 0.416 e. The molecule has 0 aliphatic heterocycles. The zero-order valence-electron chi connectivity index (χ0n) is 13.0. The van der Waals surface area contributed by atoms with Gasteiger partial charge in [-0.3, -0.25) is 9.78 Å². The minimum atomic E-state index is -0.759. The topological polar surface area (TPSA) is 79.7 Å². The van der Waals surface area contributed by atoms with Gasteiger partial charge in [0, 0.05) is 37.2 Å². The molecule has 0 atom stereocenters. The Morgan fingerprint density at radius 3 is 2.73 bits per heavy atom. The summed E-state index contributed by atoms with van der Waals surface area (Å²) in [6.45, 7) is 4.90. The molecule has 0 unspecified atom stereocenters. The highest BCUT2D eigenvalue weighted by atomic mass is 16.6. The number of amides is 2. The van der Waals surface area contributed by atoms with Gasteiger partial charge in [-0.2, -0.15) is 0 Å². The van der Waals surface area contributed by atoms with Crippen LogP contribution in [0.2, 0.25) is 0 Å². The van der Waals surface area contributed by atoms with E-state index in [4.69, 9.17) is 11.2 Å². The van der Waals surface area contributed by atoms with Gasteiger partial charge in [-0.1, -0.05) is 6.92 Å². The van der Waals surface area contributed by atoms with Crippen LogP contribution in [0.25, 0.3) is 0 Å². The molecule has 6 nitrogen and oxygen atoms in total. The first-order valence-electron chi connectivity index (χ1n) is 6.97. The molecule has 6 heteroatoms. The zero-order chi connectivity index (χ0) is 16.7. The lowest BCUT2D eigenvalue weighted by atomic mass is 10.1. The monoisotopic (exact) mass is 304 g/mol. The molecular formula is C16H20N2O4. The zero-order valence-corrected chi connectivity index (χ0v) is 13.0. The van der Waals surface area contributed by atoms with Crippen LogP contribution in [0, 0.1) is 19.3 Å². The van der Waals surface area contributed by atoms with Crippen molar-refractivity contribution in [3.05, 3.63) is 23.0 Å². The largest absolute Gasteiger partial charge is 0.506 e. The maximum atomic E-state index is 11.9. The molecule has 0 saturated heterocycles. The number of nitrogens with zero attached hydrogens (tertiary/aromatic N) is 2. The van der Waals surface area contributed by atoms with Crippen molar-refractivity contribution in [1.82, 2.24) is 9.88 Å². The van der Waals surface area contributed by atoms with E-state index < -0.39 is 12.0 Å². The molecule has 1 N–H and O–H groups in total. The Labute approximate surface area is 130 Å². The molecule has 0 radical (unpaired) electrons. The molecule has 0 aromatic carbocycles. The first-order valence-corrected chi connectivity index (χ1v) is 6.97. The Morgan fingerprint density at radius 2 is 2.18 bits per heavy atom. The molecule has 22 heavy (non-hydrogen) atoms. The highest BCUT2D eigenvalue weighted by molar-refractivity contribution is 5.90. The van der Waals surface area contributed by atoms with E-state index in [2.05, 4.69) is 10.9 Å². The molecule has 1 heterocycles. The summed E-state index contributed by atoms with van der Waals surface area (Å²) < 4.78 is 5.13. The van der Waals surface area contributed by atoms with Crippen molar-refractivity contribution in [2.45, 2.75) is 40.2 Å². The van der Waals surface area contributed by atoms with Gasteiger partial charge in [-0.15, -0.1) is 12.3 Å². The number of hydrogen-bond donors (Lipinski definition) is 1. The third-order valence-electron chi connectivity index (χ3n) is 3.22. The summed E-state index contributed by atoms with van der Waals surface area (Å²) in [5, 5.41) is 9.97. The number of hydrogen-bond acceptors (Lipinski definition) is 5. The second-order valence-electron chi connectivity index (χ2n) is 4.73. The Hall–Kier alpha value is -2.55. The predicted octanol–water partition coefficient (Wildman–Crippen LogP) is 2.17. The lowest BCUT2D eigenvalue weighted by Gasteiger charge is -2.18. The van der Waals surface area contributed by atoms with Crippen molar-refractivity contribution in [3.63, 3.8) is 0 Å². The number of pyridine rings is 1. The maximum Gasteiger partial charge on any atom is 0.416 e. The lowest BCUT2D eigenvalue weighted by Crippen LogP contribution is -2.36. The minimum Gasteiger partial charge on any atom is -0.506 e. The molecule has 1 aromatic rings. The highest BCUT2D eigenvalue weighted by Gasteiger charge is 2.20. The SMILES string of the molecule is C#CCCN(C(C)=O)C(=O)OCc1cnc(C)c(O)c1CC. The summed E-state index contributed by atoms with van der Waals surface area (Å²) in [4.78, 5) is 28.4. The Kier molecular flexibility index (Phi) is 6.39. The van der Waals surface area contributed by atoms with Crippen LogP contribution in [0.3, 0.4) is 0 Å². The van der Waals surface area contributed by atoms with Crippen LogP contribution in [0.4, 0.5) is 4.79 Å². The van der Waals surface area contributed by atoms with Gasteiger partial charge < -0.3 is 9.84 Å². The number of carbonyl (C=O) groups is 2. The van der Waals surface area contributed by atoms with Crippen LogP contribution in [0.5, 0.6) is 5.75 Å². The van der Waals surface area contributed by atoms with Crippen molar-refractivity contribution in [2.24, 2.45) is 0 Å². The summed E-state index contributed by atoms with van der Waals surface area (Å²) in [6.07, 6.45) is 6.78. The van der Waals surface area contributed by atoms with Gasteiger partial charge in [-0.25, -0.2) is 9.69 Å². The van der Waals surface area contributed by atoms with E-state index in [-0.39, 0.29) is 25.3 Å². The van der Waals surface area contributed by atoms with E-state index in [1.165, 1.54) is 6.92 Å². The molecule has 0 saturated carbocycles. The summed E-state index contributed by atoms with van der Waals surface area (Å²) in [5.74, 6) is 2.04. The number of ether oxygens (including phenoxy) is 1. The van der Waals surface area contributed by atoms with Crippen molar-refractivity contribution in [3.8, 4) is 18.1 Å². The van der Waals surface area contributed by atoms with E-state index >= 15 is 0 Å². The first-order chi connectivity index (χ1) is 10.4. The first kappa shape index (κ1) is 17.5. The Balaban J connectivity index is 2.81. The van der Waals surface area contributed by atoms with Gasteiger partial charge >= 0.3 is 6.09 Å². The average Bonchev–Trinajstić information content (AvgIpc) is 2.48.